The quantitative estimate of drug-likeness (QED) is 0.856. The molecule has 1 aromatic rings. The summed E-state index contributed by atoms with van der Waals surface area (Å²) in [6.45, 7) is 2.46. The zero-order chi connectivity index (χ0) is 17.0. The Hall–Kier alpha value is -1.74. The number of alkyl halides is 2. The van der Waals surface area contributed by atoms with Crippen molar-refractivity contribution in [2.75, 3.05) is 11.9 Å². The number of carbonyl (C=O) groups excluding carboxylic acids is 1. The summed E-state index contributed by atoms with van der Waals surface area (Å²) in [5.74, 6) is -3.51. The number of amides is 2. The molecule has 2 rings (SSSR count). The van der Waals surface area contributed by atoms with Crippen molar-refractivity contribution in [3.05, 3.63) is 24.3 Å². The Morgan fingerprint density at radius 3 is 2.74 bits per heavy atom. The first-order valence-corrected chi connectivity index (χ1v) is 8.66. The topological polar surface area (TPSA) is 84.5 Å². The van der Waals surface area contributed by atoms with E-state index < -0.39 is 26.5 Å². The second-order valence-electron chi connectivity index (χ2n) is 5.27. The van der Waals surface area contributed by atoms with E-state index in [4.69, 9.17) is 4.74 Å². The molecule has 2 atom stereocenters. The van der Waals surface area contributed by atoms with E-state index in [-0.39, 0.29) is 17.8 Å². The molecule has 0 radical (unpaired) electrons. The van der Waals surface area contributed by atoms with Crippen LogP contribution in [0.5, 0.6) is 0 Å². The van der Waals surface area contributed by atoms with Crippen molar-refractivity contribution in [1.82, 2.24) is 5.32 Å². The van der Waals surface area contributed by atoms with E-state index in [1.165, 1.54) is 12.1 Å². The fraction of sp³-hybridized carbons (Fsp3) is 0.500. The zero-order valence-electron chi connectivity index (χ0n) is 12.5. The van der Waals surface area contributed by atoms with Crippen molar-refractivity contribution < 1.29 is 26.7 Å². The van der Waals surface area contributed by atoms with Gasteiger partial charge in [0.1, 0.15) is 0 Å². The van der Waals surface area contributed by atoms with Crippen LogP contribution in [0.25, 0.3) is 0 Å². The first-order valence-electron chi connectivity index (χ1n) is 7.12. The molecule has 1 heterocycles. The molecule has 0 saturated carbocycles. The number of benzene rings is 1. The van der Waals surface area contributed by atoms with Crippen LogP contribution in [0.3, 0.4) is 0 Å². The third-order valence-electron chi connectivity index (χ3n) is 3.54. The number of anilines is 1. The Morgan fingerprint density at radius 2 is 2.13 bits per heavy atom. The van der Waals surface area contributed by atoms with Crippen LogP contribution in [0.4, 0.5) is 19.3 Å². The van der Waals surface area contributed by atoms with Gasteiger partial charge < -0.3 is 15.4 Å². The van der Waals surface area contributed by atoms with Crippen LogP contribution in [-0.2, 0) is 14.6 Å². The van der Waals surface area contributed by atoms with Crippen molar-refractivity contribution in [2.24, 2.45) is 0 Å². The molecule has 1 aliphatic heterocycles. The highest BCUT2D eigenvalue weighted by Gasteiger charge is 2.27. The highest BCUT2D eigenvalue weighted by molar-refractivity contribution is 7.91. The van der Waals surface area contributed by atoms with E-state index >= 15 is 0 Å². The number of rotatable bonds is 5. The first kappa shape index (κ1) is 17.6. The molecule has 0 spiro atoms. The molecular weight excluding hydrogens is 330 g/mol. The van der Waals surface area contributed by atoms with Crippen LogP contribution in [-0.4, -0.2) is 39.0 Å². The normalized spacial score (nSPS) is 19.6. The van der Waals surface area contributed by atoms with Gasteiger partial charge in [0.15, 0.2) is 0 Å². The molecule has 6 nitrogen and oxygen atoms in total. The van der Waals surface area contributed by atoms with Crippen LogP contribution < -0.4 is 10.6 Å². The van der Waals surface area contributed by atoms with E-state index in [1.54, 1.807) is 6.92 Å². The van der Waals surface area contributed by atoms with Crippen LogP contribution in [0, 0.1) is 0 Å². The van der Waals surface area contributed by atoms with Crippen molar-refractivity contribution in [3.8, 4) is 0 Å². The largest absolute Gasteiger partial charge is 0.376 e. The summed E-state index contributed by atoms with van der Waals surface area (Å²) < 4.78 is 53.4. The molecule has 128 valence electrons. The Kier molecular flexibility index (Phi) is 5.53. The molecular formula is C14H18F2N2O4S. The van der Waals surface area contributed by atoms with Gasteiger partial charge in [0.25, 0.3) is 0 Å². The van der Waals surface area contributed by atoms with Crippen molar-refractivity contribution in [2.45, 2.75) is 42.6 Å². The van der Waals surface area contributed by atoms with Gasteiger partial charge in [-0.25, -0.2) is 13.2 Å². The number of carbonyl (C=O) groups is 1. The minimum atomic E-state index is -4.70. The van der Waals surface area contributed by atoms with Crippen molar-refractivity contribution in [1.29, 1.82) is 0 Å². The first-order chi connectivity index (χ1) is 10.8. The molecule has 2 amide bonds. The van der Waals surface area contributed by atoms with Crippen molar-refractivity contribution >= 4 is 21.6 Å². The summed E-state index contributed by atoms with van der Waals surface area (Å²) in [7, 11) is -4.70. The minimum Gasteiger partial charge on any atom is -0.376 e. The van der Waals surface area contributed by atoms with Gasteiger partial charge >= 0.3 is 11.8 Å². The lowest BCUT2D eigenvalue weighted by atomic mass is 10.1. The van der Waals surface area contributed by atoms with Crippen LogP contribution >= 0.6 is 0 Å². The van der Waals surface area contributed by atoms with Crippen LogP contribution in [0.2, 0.25) is 0 Å². The van der Waals surface area contributed by atoms with Gasteiger partial charge in [-0.1, -0.05) is 6.07 Å². The Morgan fingerprint density at radius 1 is 1.39 bits per heavy atom. The smallest absolute Gasteiger partial charge is 0.341 e. The van der Waals surface area contributed by atoms with Crippen molar-refractivity contribution in [3.63, 3.8) is 0 Å². The second-order valence-corrected chi connectivity index (χ2v) is 7.19. The molecule has 2 N–H and O–H groups in total. The average Bonchev–Trinajstić information content (AvgIpc) is 3.01. The fourth-order valence-electron chi connectivity index (χ4n) is 2.32. The molecule has 1 saturated heterocycles. The van der Waals surface area contributed by atoms with E-state index in [0.717, 1.165) is 25.0 Å². The zero-order valence-corrected chi connectivity index (χ0v) is 13.3. The number of sulfone groups is 1. The highest BCUT2D eigenvalue weighted by Crippen LogP contribution is 2.21. The number of hydrogen-bond donors (Lipinski definition) is 2. The van der Waals surface area contributed by atoms with E-state index in [1.807, 2.05) is 0 Å². The predicted octanol–water partition coefficient (Wildman–Crippen LogP) is 2.37. The summed E-state index contributed by atoms with van der Waals surface area (Å²) in [6, 6.07) is 3.98. The maximum Gasteiger partial charge on any atom is 0.341 e. The van der Waals surface area contributed by atoms with E-state index in [2.05, 4.69) is 10.6 Å². The lowest BCUT2D eigenvalue weighted by Crippen LogP contribution is -2.43. The highest BCUT2D eigenvalue weighted by atomic mass is 32.2. The third-order valence-corrected chi connectivity index (χ3v) is 4.92. The second kappa shape index (κ2) is 7.22. The molecule has 0 bridgehead atoms. The van der Waals surface area contributed by atoms with Gasteiger partial charge in [-0.15, -0.1) is 0 Å². The lowest BCUT2D eigenvalue weighted by molar-refractivity contribution is 0.0868. The van der Waals surface area contributed by atoms with Gasteiger partial charge in [-0.2, -0.15) is 8.78 Å². The maximum absolute atomic E-state index is 12.5. The third kappa shape index (κ3) is 4.38. The van der Waals surface area contributed by atoms with Gasteiger partial charge in [0, 0.05) is 12.3 Å². The SMILES string of the molecule is CC(NC(=O)Nc1cccc(S(=O)(=O)C(F)F)c1)C1CCCO1. The van der Waals surface area contributed by atoms with Gasteiger partial charge in [-0.05, 0) is 38.0 Å². The molecule has 9 heteroatoms. The summed E-state index contributed by atoms with van der Waals surface area (Å²) in [5, 5.41) is 5.11. The summed E-state index contributed by atoms with van der Waals surface area (Å²) in [5.41, 5.74) is 0.115. The minimum absolute atomic E-state index is 0.0636. The molecule has 0 aromatic heterocycles. The van der Waals surface area contributed by atoms with Gasteiger partial charge in [-0.3, -0.25) is 0 Å². The van der Waals surface area contributed by atoms with Gasteiger partial charge in [0.2, 0.25) is 9.84 Å². The Balaban J connectivity index is 2.01. The van der Waals surface area contributed by atoms with Gasteiger partial charge in [0.05, 0.1) is 17.0 Å². The number of hydrogen-bond acceptors (Lipinski definition) is 4. The molecule has 1 aliphatic rings. The fourth-order valence-corrected chi connectivity index (χ4v) is 3.08. The molecule has 0 aliphatic carbocycles. The maximum atomic E-state index is 12.5. The number of halogens is 2. The number of ether oxygens (including phenoxy) is 1. The Bertz CT molecular complexity index is 660. The monoisotopic (exact) mass is 348 g/mol. The lowest BCUT2D eigenvalue weighted by Gasteiger charge is -2.20. The van der Waals surface area contributed by atoms with E-state index in [9.17, 15) is 22.0 Å². The van der Waals surface area contributed by atoms with Crippen LogP contribution in [0.1, 0.15) is 19.8 Å². The molecule has 2 unspecified atom stereocenters. The predicted molar refractivity (Wildman–Crippen MR) is 80.2 cm³/mol. The number of nitrogens with one attached hydrogen (secondary N) is 2. The average molecular weight is 348 g/mol. The molecule has 1 fully saturated rings. The summed E-state index contributed by atoms with van der Waals surface area (Å²) >= 11 is 0. The molecule has 23 heavy (non-hydrogen) atoms. The van der Waals surface area contributed by atoms with Crippen LogP contribution in [0.15, 0.2) is 29.2 Å². The van der Waals surface area contributed by atoms with E-state index in [0.29, 0.717) is 6.61 Å². The Labute approximate surface area is 133 Å². The number of urea groups is 1. The summed E-state index contributed by atoms with van der Waals surface area (Å²) in [4.78, 5) is 11.4. The molecule has 1 aromatic carbocycles. The standard InChI is InChI=1S/C14H18F2N2O4S/c1-9(12-6-3-7-22-12)17-14(19)18-10-4-2-5-11(8-10)23(20,21)13(15)16/h2,4-5,8-9,12-13H,3,6-7H2,1H3,(H2,17,18,19). The summed E-state index contributed by atoms with van der Waals surface area (Å²) in [6.07, 6.45) is 1.72.